The first-order chi connectivity index (χ1) is 17.3. The number of hydrogen-bond acceptors (Lipinski definition) is 7. The maximum absolute atomic E-state index is 14.3. The quantitative estimate of drug-likeness (QED) is 0.371. The van der Waals surface area contributed by atoms with Gasteiger partial charge < -0.3 is 29.7 Å². The van der Waals surface area contributed by atoms with Crippen LogP contribution < -0.4 is 5.32 Å². The van der Waals surface area contributed by atoms with Crippen LogP contribution in [-0.2, 0) is 28.7 Å². The summed E-state index contributed by atoms with van der Waals surface area (Å²) in [5.41, 5.74) is -2.00. The molecule has 10 nitrogen and oxygen atoms in total. The first-order valence-corrected chi connectivity index (χ1v) is 13.6. The minimum Gasteiger partial charge on any atom is -0.460 e. The first-order valence-electron chi connectivity index (χ1n) is 12.8. The van der Waals surface area contributed by atoms with Crippen molar-refractivity contribution in [2.75, 3.05) is 19.7 Å². The molecule has 2 N–H and O–H groups in total. The molecular formula is C26H36BrN3O7. The molecule has 0 saturated carbocycles. The van der Waals surface area contributed by atoms with Crippen LogP contribution in [0.4, 0.5) is 0 Å². The molecule has 0 aromatic carbocycles. The van der Waals surface area contributed by atoms with Crippen molar-refractivity contribution in [2.45, 2.75) is 82.9 Å². The van der Waals surface area contributed by atoms with E-state index in [1.807, 2.05) is 32.9 Å². The molecule has 0 radical (unpaired) electrons. The Hall–Kier alpha value is -2.24. The van der Waals surface area contributed by atoms with Gasteiger partial charge in [-0.05, 0) is 47.1 Å². The summed E-state index contributed by atoms with van der Waals surface area (Å²) in [6, 6.07) is -1.75. The highest BCUT2D eigenvalue weighted by molar-refractivity contribution is 9.11. The van der Waals surface area contributed by atoms with Crippen LogP contribution in [0.2, 0.25) is 0 Å². The van der Waals surface area contributed by atoms with Gasteiger partial charge in [0.25, 0.3) is 0 Å². The van der Waals surface area contributed by atoms with Crippen LogP contribution in [0, 0.1) is 11.8 Å². The van der Waals surface area contributed by atoms with Crippen LogP contribution in [-0.4, -0.2) is 93.7 Å². The van der Waals surface area contributed by atoms with E-state index in [9.17, 15) is 24.3 Å². The van der Waals surface area contributed by atoms with Crippen molar-refractivity contribution in [3.05, 3.63) is 22.7 Å². The number of hydrogen-bond donors (Lipinski definition) is 2. The van der Waals surface area contributed by atoms with E-state index in [0.29, 0.717) is 10.9 Å². The maximum Gasteiger partial charge on any atom is 0.313 e. The molecule has 204 valence electrons. The van der Waals surface area contributed by atoms with E-state index >= 15 is 0 Å². The lowest BCUT2D eigenvalue weighted by molar-refractivity contribution is -0.159. The van der Waals surface area contributed by atoms with Crippen molar-refractivity contribution in [1.29, 1.82) is 0 Å². The van der Waals surface area contributed by atoms with Gasteiger partial charge in [0.2, 0.25) is 17.7 Å². The summed E-state index contributed by atoms with van der Waals surface area (Å²) >= 11 is 3.50. The molecule has 4 rings (SSSR count). The zero-order valence-electron chi connectivity index (χ0n) is 21.9. The molecule has 37 heavy (non-hydrogen) atoms. The Morgan fingerprint density at radius 3 is 2.57 bits per heavy atom. The van der Waals surface area contributed by atoms with Gasteiger partial charge in [0, 0.05) is 23.0 Å². The summed E-state index contributed by atoms with van der Waals surface area (Å²) in [5.74, 6) is -3.52. The fourth-order valence-electron chi connectivity index (χ4n) is 5.79. The number of cyclic esters (lactones) is 1. The molecule has 0 aromatic heterocycles. The molecule has 2 saturated heterocycles. The molecular weight excluding hydrogens is 546 g/mol. The average Bonchev–Trinajstić information content (AvgIpc) is 3.41. The number of esters is 1. The lowest BCUT2D eigenvalue weighted by Gasteiger charge is -2.42. The van der Waals surface area contributed by atoms with Crippen molar-refractivity contribution in [3.63, 3.8) is 0 Å². The molecule has 7 atom stereocenters. The number of nitrogens with zero attached hydrogens (tertiary/aromatic N) is 2. The second kappa shape index (κ2) is 10.1. The molecule has 4 aliphatic rings. The Kier molecular flexibility index (Phi) is 7.62. The predicted octanol–water partition coefficient (Wildman–Crippen LogP) is 1.27. The second-order valence-corrected chi connectivity index (χ2v) is 12.2. The topological polar surface area (TPSA) is 125 Å². The number of ether oxygens (including phenoxy) is 2. The van der Waals surface area contributed by atoms with E-state index in [4.69, 9.17) is 9.47 Å². The summed E-state index contributed by atoms with van der Waals surface area (Å²) in [7, 11) is 0. The largest absolute Gasteiger partial charge is 0.460 e. The number of amides is 3. The molecule has 1 spiro atoms. The molecule has 0 unspecified atom stereocenters. The third-order valence-electron chi connectivity index (χ3n) is 7.58. The van der Waals surface area contributed by atoms with E-state index in [1.54, 1.807) is 24.8 Å². The normalized spacial score (nSPS) is 36.7. The van der Waals surface area contributed by atoms with Gasteiger partial charge in [0.1, 0.15) is 29.8 Å². The van der Waals surface area contributed by atoms with Gasteiger partial charge in [0.05, 0.1) is 25.1 Å². The minimum absolute atomic E-state index is 0.139. The number of likely N-dealkylation sites (tertiary alicyclic amines) is 1. The van der Waals surface area contributed by atoms with Crippen LogP contribution >= 0.6 is 15.9 Å². The SMILES string of the molecule is C[C@H](CO)N1C(=O)[C@@H]2[C@H]3C(=O)O[C@@H](C)CNC(=O)CC/C=C\CN(C(C)(C)C)C(=O)[C@@H]1[C@]21C=C(Br)[C@H]3O1. The van der Waals surface area contributed by atoms with Gasteiger partial charge in [0.15, 0.2) is 0 Å². The van der Waals surface area contributed by atoms with Gasteiger partial charge in [-0.3, -0.25) is 19.2 Å². The van der Waals surface area contributed by atoms with Gasteiger partial charge in [-0.1, -0.05) is 28.1 Å². The van der Waals surface area contributed by atoms with Crippen LogP contribution in [0.5, 0.6) is 0 Å². The second-order valence-electron chi connectivity index (χ2n) is 11.3. The van der Waals surface area contributed by atoms with E-state index in [0.717, 1.165) is 0 Å². The Labute approximate surface area is 225 Å². The van der Waals surface area contributed by atoms with Crippen molar-refractivity contribution in [1.82, 2.24) is 15.1 Å². The fourth-order valence-corrected chi connectivity index (χ4v) is 6.52. The number of halogens is 1. The zero-order chi connectivity index (χ0) is 27.3. The molecule has 2 fully saturated rings. The van der Waals surface area contributed by atoms with Crippen molar-refractivity contribution < 1.29 is 33.8 Å². The monoisotopic (exact) mass is 581 g/mol. The number of carbonyl (C=O) groups is 4. The van der Waals surface area contributed by atoms with E-state index in [1.165, 1.54) is 4.90 Å². The Bertz CT molecular complexity index is 1040. The minimum atomic E-state index is -1.39. The summed E-state index contributed by atoms with van der Waals surface area (Å²) < 4.78 is 12.6. The van der Waals surface area contributed by atoms with Crippen molar-refractivity contribution in [2.24, 2.45) is 11.8 Å². The van der Waals surface area contributed by atoms with Crippen molar-refractivity contribution in [3.8, 4) is 0 Å². The smallest absolute Gasteiger partial charge is 0.313 e. The summed E-state index contributed by atoms with van der Waals surface area (Å²) in [5, 5.41) is 12.8. The van der Waals surface area contributed by atoms with E-state index < -0.39 is 59.1 Å². The summed E-state index contributed by atoms with van der Waals surface area (Å²) in [6.07, 6.45) is 4.79. The fraction of sp³-hybridized carbons (Fsp3) is 0.692. The number of aliphatic hydroxyl groups is 1. The summed E-state index contributed by atoms with van der Waals surface area (Å²) in [6.45, 7) is 9.10. The maximum atomic E-state index is 14.3. The number of nitrogens with one attached hydrogen (secondary N) is 1. The highest BCUT2D eigenvalue weighted by Crippen LogP contribution is 2.59. The number of fused-ring (bicyclic) bond motifs is 2. The number of carbonyl (C=O) groups excluding carboxylic acids is 4. The number of aliphatic hydroxyl groups excluding tert-OH is 1. The van der Waals surface area contributed by atoms with Crippen LogP contribution in [0.1, 0.15) is 47.5 Å². The van der Waals surface area contributed by atoms with Gasteiger partial charge in [-0.2, -0.15) is 0 Å². The first kappa shape index (κ1) is 27.8. The highest BCUT2D eigenvalue weighted by Gasteiger charge is 2.75. The van der Waals surface area contributed by atoms with Gasteiger partial charge in [-0.25, -0.2) is 0 Å². The molecule has 4 heterocycles. The molecule has 0 aliphatic carbocycles. The average molecular weight is 582 g/mol. The van der Waals surface area contributed by atoms with Gasteiger partial charge >= 0.3 is 5.97 Å². The molecule has 5 bridgehead atoms. The third kappa shape index (κ3) is 4.74. The Morgan fingerprint density at radius 1 is 1.22 bits per heavy atom. The Balaban J connectivity index is 1.84. The zero-order valence-corrected chi connectivity index (χ0v) is 23.5. The van der Waals surface area contributed by atoms with Crippen molar-refractivity contribution >= 4 is 39.6 Å². The molecule has 4 aliphatic heterocycles. The molecule has 11 heteroatoms. The van der Waals surface area contributed by atoms with Crippen LogP contribution in [0.15, 0.2) is 22.7 Å². The van der Waals surface area contributed by atoms with Gasteiger partial charge in [-0.15, -0.1) is 0 Å². The molecule has 3 amide bonds. The van der Waals surface area contributed by atoms with Crippen LogP contribution in [0.25, 0.3) is 0 Å². The predicted molar refractivity (Wildman–Crippen MR) is 137 cm³/mol. The Morgan fingerprint density at radius 2 is 1.92 bits per heavy atom. The lowest BCUT2D eigenvalue weighted by atomic mass is 9.74. The standard InChI is InChI=1S/C26H36BrN3O7/c1-14(13-31)30-21-23(34)29(25(3,4)5)10-8-6-7-9-17(32)28-12-15(2)36-24(35)18-19(22(30)33)26(21)11-16(27)20(18)37-26/h6,8,11,14-15,18-21,31H,7,9-10,12-13H2,1-5H3,(H,28,32)/b8-6-/t14-,15+,18-,19+,20-,21-,26+/m1/s1. The van der Waals surface area contributed by atoms with E-state index in [2.05, 4.69) is 21.2 Å². The van der Waals surface area contributed by atoms with E-state index in [-0.39, 0.29) is 37.9 Å². The van der Waals surface area contributed by atoms with Crippen LogP contribution in [0.3, 0.4) is 0 Å². The lowest BCUT2D eigenvalue weighted by Crippen LogP contribution is -2.61. The highest BCUT2D eigenvalue weighted by atomic mass is 79.9. The number of rotatable bonds is 2. The summed E-state index contributed by atoms with van der Waals surface area (Å²) in [4.78, 5) is 57.0. The molecule has 0 aromatic rings. The third-order valence-corrected chi connectivity index (χ3v) is 8.26. The number of allylic oxidation sites excluding steroid dienone is 1.